The van der Waals surface area contributed by atoms with Gasteiger partial charge in [-0.15, -0.1) is 17.0 Å². The van der Waals surface area contributed by atoms with Crippen LogP contribution in [-0.2, 0) is 9.59 Å². The molecule has 0 atom stereocenters. The third kappa shape index (κ3) is 2.94. The lowest BCUT2D eigenvalue weighted by Gasteiger charge is -2.21. The average molecular weight is 354 g/mol. The highest BCUT2D eigenvalue weighted by atomic mass is 79.9. The summed E-state index contributed by atoms with van der Waals surface area (Å²) >= 11 is 1.24. The molecule has 0 radical (unpaired) electrons. The summed E-state index contributed by atoms with van der Waals surface area (Å²) in [6.45, 7) is 1.21. The lowest BCUT2D eigenvalue weighted by atomic mass is 10.3. The van der Waals surface area contributed by atoms with Crippen molar-refractivity contribution in [2.75, 3.05) is 18.4 Å². The Hall–Kier alpha value is -1.60. The summed E-state index contributed by atoms with van der Waals surface area (Å²) in [6.07, 6.45) is 1.37. The number of fused-ring (bicyclic) bond motifs is 1. The number of amides is 2. The molecular formula is C13H12BrN3O2S. The fourth-order valence-electron chi connectivity index (χ4n) is 1.86. The highest BCUT2D eigenvalue weighted by Crippen LogP contribution is 2.28. The van der Waals surface area contributed by atoms with E-state index in [1.165, 1.54) is 17.8 Å². The molecule has 0 bridgehead atoms. The second kappa shape index (κ2) is 6.23. The van der Waals surface area contributed by atoms with Crippen molar-refractivity contribution in [2.24, 2.45) is 4.99 Å². The molecule has 0 aromatic heterocycles. The van der Waals surface area contributed by atoms with Crippen LogP contribution in [0, 0.1) is 0 Å². The first-order valence-corrected chi connectivity index (χ1v) is 6.67. The van der Waals surface area contributed by atoms with E-state index in [9.17, 15) is 9.59 Å². The smallest absolute Gasteiger partial charge is 0.262 e. The normalized spacial score (nSPS) is 16.8. The van der Waals surface area contributed by atoms with Gasteiger partial charge in [-0.25, -0.2) is 0 Å². The fraction of sp³-hybridized carbons (Fsp3) is 0.154. The van der Waals surface area contributed by atoms with Crippen LogP contribution in [0.4, 0.5) is 5.69 Å². The van der Waals surface area contributed by atoms with Gasteiger partial charge in [-0.3, -0.25) is 19.5 Å². The Morgan fingerprint density at radius 3 is 2.80 bits per heavy atom. The Morgan fingerprint density at radius 1 is 1.30 bits per heavy atom. The van der Waals surface area contributed by atoms with Crippen LogP contribution in [0.25, 0.3) is 0 Å². The number of nitrogens with zero attached hydrogens (tertiary/aromatic N) is 2. The maximum Gasteiger partial charge on any atom is 0.262 e. The van der Waals surface area contributed by atoms with Crippen molar-refractivity contribution in [2.45, 2.75) is 0 Å². The topological polar surface area (TPSA) is 61.8 Å². The summed E-state index contributed by atoms with van der Waals surface area (Å²) < 4.78 is 0. The Bertz CT molecular complexity index is 601. The standard InChI is InChI=1S/C13H11N3O2S.BrH/c17-11-8-10(19-13-14-6-7-16(11)13)12(18)15-9-4-2-1-3-5-9;/h1-5,8H,6-7H2,(H,15,18);1H. The minimum absolute atomic E-state index is 0. The Morgan fingerprint density at radius 2 is 2.05 bits per heavy atom. The number of rotatable bonds is 2. The van der Waals surface area contributed by atoms with Gasteiger partial charge in [0.1, 0.15) is 0 Å². The third-order valence-corrected chi connectivity index (χ3v) is 3.83. The summed E-state index contributed by atoms with van der Waals surface area (Å²) in [4.78, 5) is 30.1. The summed E-state index contributed by atoms with van der Waals surface area (Å²) in [5, 5.41) is 3.37. The first kappa shape index (κ1) is 14.8. The number of nitrogens with one attached hydrogen (secondary N) is 1. The van der Waals surface area contributed by atoms with Crippen LogP contribution in [0.15, 0.2) is 46.3 Å². The Labute approximate surface area is 130 Å². The first-order valence-electron chi connectivity index (χ1n) is 5.86. The van der Waals surface area contributed by atoms with Crippen molar-refractivity contribution in [1.82, 2.24) is 4.90 Å². The molecule has 0 spiro atoms. The SMILES string of the molecule is Br.O=C(Nc1ccccc1)C1=CC(=O)N2CCN=C2S1. The molecule has 20 heavy (non-hydrogen) atoms. The monoisotopic (exact) mass is 353 g/mol. The molecule has 2 aliphatic rings. The molecule has 0 unspecified atom stereocenters. The van der Waals surface area contributed by atoms with Crippen molar-refractivity contribution in [1.29, 1.82) is 0 Å². The summed E-state index contributed by atoms with van der Waals surface area (Å²) in [6, 6.07) is 9.15. The van der Waals surface area contributed by atoms with Gasteiger partial charge in [-0.05, 0) is 23.9 Å². The molecule has 0 saturated carbocycles. The van der Waals surface area contributed by atoms with Gasteiger partial charge in [0.05, 0.1) is 11.4 Å². The van der Waals surface area contributed by atoms with Crippen LogP contribution in [-0.4, -0.2) is 35.0 Å². The zero-order valence-electron chi connectivity index (χ0n) is 10.4. The number of hydrogen-bond donors (Lipinski definition) is 1. The molecule has 2 aliphatic heterocycles. The third-order valence-electron chi connectivity index (χ3n) is 2.78. The van der Waals surface area contributed by atoms with E-state index >= 15 is 0 Å². The molecule has 1 N–H and O–H groups in total. The van der Waals surface area contributed by atoms with E-state index < -0.39 is 0 Å². The molecular weight excluding hydrogens is 342 g/mol. The first-order chi connectivity index (χ1) is 9.24. The summed E-state index contributed by atoms with van der Waals surface area (Å²) in [5.41, 5.74) is 0.706. The highest BCUT2D eigenvalue weighted by Gasteiger charge is 2.31. The van der Waals surface area contributed by atoms with Crippen molar-refractivity contribution in [3.8, 4) is 0 Å². The molecule has 3 rings (SSSR count). The molecule has 0 fully saturated rings. The van der Waals surface area contributed by atoms with Gasteiger partial charge in [0.2, 0.25) is 0 Å². The Balaban J connectivity index is 0.00000147. The van der Waals surface area contributed by atoms with Crippen molar-refractivity contribution < 1.29 is 9.59 Å². The molecule has 1 aromatic rings. The number of thioether (sulfide) groups is 1. The predicted molar refractivity (Wildman–Crippen MR) is 85.1 cm³/mol. The number of hydrogen-bond acceptors (Lipinski definition) is 4. The van der Waals surface area contributed by atoms with Gasteiger partial charge in [0.15, 0.2) is 5.17 Å². The average Bonchev–Trinajstić information content (AvgIpc) is 2.88. The predicted octanol–water partition coefficient (Wildman–Crippen LogP) is 2.03. The second-order valence-electron chi connectivity index (χ2n) is 4.08. The molecule has 104 valence electrons. The van der Waals surface area contributed by atoms with Gasteiger partial charge >= 0.3 is 0 Å². The van der Waals surface area contributed by atoms with E-state index in [1.54, 1.807) is 17.0 Å². The minimum atomic E-state index is -0.279. The number of carbonyl (C=O) groups is 2. The number of para-hydroxylation sites is 1. The number of benzene rings is 1. The number of anilines is 1. The number of aliphatic imine (C=N–C) groups is 1. The lowest BCUT2D eigenvalue weighted by molar-refractivity contribution is -0.122. The largest absolute Gasteiger partial charge is 0.322 e. The zero-order chi connectivity index (χ0) is 13.2. The van der Waals surface area contributed by atoms with E-state index in [4.69, 9.17) is 0 Å². The van der Waals surface area contributed by atoms with Crippen molar-refractivity contribution in [3.63, 3.8) is 0 Å². The van der Waals surface area contributed by atoms with Crippen LogP contribution in [0.3, 0.4) is 0 Å². The highest BCUT2D eigenvalue weighted by molar-refractivity contribution is 8.93. The van der Waals surface area contributed by atoms with Gasteiger partial charge in [-0.2, -0.15) is 0 Å². The van der Waals surface area contributed by atoms with Crippen LogP contribution in [0.5, 0.6) is 0 Å². The van der Waals surface area contributed by atoms with Crippen LogP contribution >= 0.6 is 28.7 Å². The van der Waals surface area contributed by atoms with Crippen molar-refractivity contribution in [3.05, 3.63) is 41.3 Å². The van der Waals surface area contributed by atoms with E-state index in [1.807, 2.05) is 18.2 Å². The molecule has 0 saturated heterocycles. The van der Waals surface area contributed by atoms with Gasteiger partial charge in [0, 0.05) is 18.3 Å². The second-order valence-corrected chi connectivity index (χ2v) is 5.09. The fourth-order valence-corrected chi connectivity index (χ4v) is 2.81. The molecule has 5 nitrogen and oxygen atoms in total. The van der Waals surface area contributed by atoms with E-state index in [2.05, 4.69) is 10.3 Å². The van der Waals surface area contributed by atoms with E-state index in [0.29, 0.717) is 28.8 Å². The van der Waals surface area contributed by atoms with Crippen molar-refractivity contribution >= 4 is 51.4 Å². The summed E-state index contributed by atoms with van der Waals surface area (Å²) in [7, 11) is 0. The number of carbonyl (C=O) groups excluding carboxylic acids is 2. The molecule has 2 heterocycles. The lowest BCUT2D eigenvalue weighted by Crippen LogP contribution is -2.35. The quantitative estimate of drug-likeness (QED) is 0.884. The van der Waals surface area contributed by atoms with Crippen LogP contribution in [0.1, 0.15) is 0 Å². The van der Waals surface area contributed by atoms with Gasteiger partial charge in [0.25, 0.3) is 11.8 Å². The van der Waals surface area contributed by atoms with Gasteiger partial charge in [-0.1, -0.05) is 18.2 Å². The summed E-state index contributed by atoms with van der Waals surface area (Å²) in [5.74, 6) is -0.452. The van der Waals surface area contributed by atoms with Gasteiger partial charge < -0.3 is 5.32 Å². The molecule has 7 heteroatoms. The maximum absolute atomic E-state index is 12.1. The zero-order valence-corrected chi connectivity index (χ0v) is 12.9. The van der Waals surface area contributed by atoms with E-state index in [0.717, 1.165) is 0 Å². The Kier molecular flexibility index (Phi) is 4.61. The minimum Gasteiger partial charge on any atom is -0.322 e. The molecule has 1 aromatic carbocycles. The molecule has 2 amide bonds. The van der Waals surface area contributed by atoms with Crippen LogP contribution in [0.2, 0.25) is 0 Å². The van der Waals surface area contributed by atoms with Crippen LogP contribution < -0.4 is 5.32 Å². The van der Waals surface area contributed by atoms with E-state index in [-0.39, 0.29) is 28.8 Å². The molecule has 0 aliphatic carbocycles. The number of amidine groups is 1. The number of halogens is 1. The maximum atomic E-state index is 12.1.